The van der Waals surface area contributed by atoms with Crippen LogP contribution in [0, 0.1) is 24.0 Å². The maximum Gasteiger partial charge on any atom is 0.271 e. The number of benzene rings is 1. The standard InChI is InChI=1S/C13H11ClN2O3/c1-8-9(2)15-6-5-12(8)19-13-4-3-10(16(17)18)7-11(13)14/h3-7H,1-2H3. The Bertz CT molecular complexity index is 644. The number of rotatable bonds is 3. The van der Waals surface area contributed by atoms with E-state index in [0.29, 0.717) is 11.5 Å². The Labute approximate surface area is 115 Å². The van der Waals surface area contributed by atoms with E-state index in [0.717, 1.165) is 11.3 Å². The van der Waals surface area contributed by atoms with Crippen molar-refractivity contribution in [2.45, 2.75) is 13.8 Å². The van der Waals surface area contributed by atoms with Crippen LogP contribution in [0.25, 0.3) is 0 Å². The average molecular weight is 279 g/mol. The predicted octanol–water partition coefficient (Wildman–Crippen LogP) is 4.05. The van der Waals surface area contributed by atoms with Gasteiger partial charge in [-0.05, 0) is 26.0 Å². The van der Waals surface area contributed by atoms with E-state index in [9.17, 15) is 10.1 Å². The van der Waals surface area contributed by atoms with Crippen molar-refractivity contribution in [1.29, 1.82) is 0 Å². The van der Waals surface area contributed by atoms with Crippen molar-refractivity contribution in [3.8, 4) is 11.5 Å². The number of hydrogen-bond acceptors (Lipinski definition) is 4. The molecule has 0 amide bonds. The van der Waals surface area contributed by atoms with E-state index in [1.807, 2.05) is 13.8 Å². The molecule has 19 heavy (non-hydrogen) atoms. The number of nitro groups is 1. The van der Waals surface area contributed by atoms with Crippen LogP contribution in [-0.2, 0) is 0 Å². The highest BCUT2D eigenvalue weighted by Crippen LogP contribution is 2.33. The van der Waals surface area contributed by atoms with Crippen LogP contribution in [0.3, 0.4) is 0 Å². The zero-order valence-corrected chi connectivity index (χ0v) is 11.1. The molecule has 0 bridgehead atoms. The van der Waals surface area contributed by atoms with E-state index in [-0.39, 0.29) is 10.7 Å². The molecule has 0 radical (unpaired) electrons. The van der Waals surface area contributed by atoms with Gasteiger partial charge in [-0.25, -0.2) is 0 Å². The highest BCUT2D eigenvalue weighted by molar-refractivity contribution is 6.32. The summed E-state index contributed by atoms with van der Waals surface area (Å²) in [6.45, 7) is 3.76. The zero-order chi connectivity index (χ0) is 14.0. The second-order valence-corrected chi connectivity index (χ2v) is 4.40. The van der Waals surface area contributed by atoms with E-state index < -0.39 is 4.92 Å². The SMILES string of the molecule is Cc1nccc(Oc2ccc([N+](=O)[O-])cc2Cl)c1C. The predicted molar refractivity (Wildman–Crippen MR) is 71.9 cm³/mol. The molecule has 0 saturated heterocycles. The second-order valence-electron chi connectivity index (χ2n) is 3.99. The van der Waals surface area contributed by atoms with Crippen molar-refractivity contribution in [2.24, 2.45) is 0 Å². The molecule has 2 rings (SSSR count). The smallest absolute Gasteiger partial charge is 0.271 e. The molecule has 98 valence electrons. The van der Waals surface area contributed by atoms with Gasteiger partial charge in [0.1, 0.15) is 11.5 Å². The largest absolute Gasteiger partial charge is 0.455 e. The monoisotopic (exact) mass is 278 g/mol. The molecule has 0 aliphatic carbocycles. The molecule has 0 N–H and O–H groups in total. The summed E-state index contributed by atoms with van der Waals surface area (Å²) < 4.78 is 5.66. The minimum absolute atomic E-state index is 0.0695. The number of ether oxygens (including phenoxy) is 1. The van der Waals surface area contributed by atoms with Gasteiger partial charge >= 0.3 is 0 Å². The Morgan fingerprint density at radius 3 is 2.63 bits per heavy atom. The minimum atomic E-state index is -0.502. The lowest BCUT2D eigenvalue weighted by molar-refractivity contribution is -0.384. The molecule has 6 heteroatoms. The molecular formula is C13H11ClN2O3. The maximum absolute atomic E-state index is 10.6. The maximum atomic E-state index is 10.6. The molecule has 1 heterocycles. The van der Waals surface area contributed by atoms with Crippen LogP contribution in [0.2, 0.25) is 5.02 Å². The van der Waals surface area contributed by atoms with Crippen molar-refractivity contribution in [2.75, 3.05) is 0 Å². The Kier molecular flexibility index (Phi) is 3.66. The minimum Gasteiger partial charge on any atom is -0.455 e. The molecule has 0 spiro atoms. The number of nitrogens with zero attached hydrogens (tertiary/aromatic N) is 2. The van der Waals surface area contributed by atoms with E-state index in [2.05, 4.69) is 4.98 Å². The van der Waals surface area contributed by atoms with Gasteiger partial charge in [0.25, 0.3) is 5.69 Å². The summed E-state index contributed by atoms with van der Waals surface area (Å²) in [5.74, 6) is 1.00. The van der Waals surface area contributed by atoms with Crippen LogP contribution < -0.4 is 4.74 Å². The van der Waals surface area contributed by atoms with Crippen molar-refractivity contribution >= 4 is 17.3 Å². The third-order valence-electron chi connectivity index (χ3n) is 2.75. The van der Waals surface area contributed by atoms with Crippen molar-refractivity contribution < 1.29 is 9.66 Å². The van der Waals surface area contributed by atoms with Crippen molar-refractivity contribution in [3.63, 3.8) is 0 Å². The summed E-state index contributed by atoms with van der Waals surface area (Å²) >= 11 is 5.97. The first kappa shape index (κ1) is 13.3. The second kappa shape index (κ2) is 5.24. The van der Waals surface area contributed by atoms with E-state index in [1.165, 1.54) is 18.2 Å². The molecule has 0 fully saturated rings. The van der Waals surface area contributed by atoms with Crippen LogP contribution in [0.15, 0.2) is 30.5 Å². The lowest BCUT2D eigenvalue weighted by Crippen LogP contribution is -1.94. The summed E-state index contributed by atoms with van der Waals surface area (Å²) in [5.41, 5.74) is 1.69. The first-order chi connectivity index (χ1) is 8.99. The van der Waals surface area contributed by atoms with Crippen LogP contribution in [-0.4, -0.2) is 9.91 Å². The molecule has 0 saturated carbocycles. The van der Waals surface area contributed by atoms with Gasteiger partial charge in [-0.3, -0.25) is 15.1 Å². The molecule has 2 aromatic rings. The van der Waals surface area contributed by atoms with Crippen LogP contribution in [0.4, 0.5) is 5.69 Å². The summed E-state index contributed by atoms with van der Waals surface area (Å²) in [6, 6.07) is 5.82. The third-order valence-corrected chi connectivity index (χ3v) is 3.05. The van der Waals surface area contributed by atoms with Gasteiger partial charge in [0.2, 0.25) is 0 Å². The van der Waals surface area contributed by atoms with Gasteiger partial charge in [0.05, 0.1) is 9.95 Å². The van der Waals surface area contributed by atoms with Crippen molar-refractivity contribution in [1.82, 2.24) is 4.98 Å². The van der Waals surface area contributed by atoms with Crippen molar-refractivity contribution in [3.05, 3.63) is 56.9 Å². The fourth-order valence-corrected chi connectivity index (χ4v) is 1.75. The summed E-state index contributed by atoms with van der Waals surface area (Å²) in [7, 11) is 0. The number of aromatic nitrogens is 1. The topological polar surface area (TPSA) is 65.3 Å². The number of non-ortho nitro benzene ring substituents is 1. The number of pyridine rings is 1. The Hall–Kier alpha value is -2.14. The number of halogens is 1. The molecule has 0 atom stereocenters. The average Bonchev–Trinajstić information content (AvgIpc) is 2.37. The molecule has 0 aliphatic rings. The molecule has 1 aromatic carbocycles. The summed E-state index contributed by atoms with van der Waals surface area (Å²) in [6.07, 6.45) is 1.64. The Morgan fingerprint density at radius 1 is 1.26 bits per heavy atom. The third kappa shape index (κ3) is 2.82. The highest BCUT2D eigenvalue weighted by Gasteiger charge is 2.12. The van der Waals surface area contributed by atoms with Crippen LogP contribution in [0.1, 0.15) is 11.3 Å². The van der Waals surface area contributed by atoms with E-state index in [4.69, 9.17) is 16.3 Å². The first-order valence-corrected chi connectivity index (χ1v) is 5.91. The lowest BCUT2D eigenvalue weighted by Gasteiger charge is -2.10. The number of nitro benzene ring substituents is 1. The fraction of sp³-hybridized carbons (Fsp3) is 0.154. The number of aryl methyl sites for hydroxylation is 1. The molecular weight excluding hydrogens is 268 g/mol. The van der Waals surface area contributed by atoms with Gasteiger partial charge in [0, 0.05) is 29.6 Å². The van der Waals surface area contributed by atoms with Crippen LogP contribution in [0.5, 0.6) is 11.5 Å². The quantitative estimate of drug-likeness (QED) is 0.627. The Balaban J connectivity index is 2.34. The fourth-order valence-electron chi connectivity index (χ4n) is 1.53. The van der Waals surface area contributed by atoms with Crippen LogP contribution >= 0.6 is 11.6 Å². The van der Waals surface area contributed by atoms with E-state index in [1.54, 1.807) is 12.3 Å². The van der Waals surface area contributed by atoms with Gasteiger partial charge < -0.3 is 4.74 Å². The summed E-state index contributed by atoms with van der Waals surface area (Å²) in [5, 5.41) is 10.8. The summed E-state index contributed by atoms with van der Waals surface area (Å²) in [4.78, 5) is 14.3. The normalized spacial score (nSPS) is 10.3. The van der Waals surface area contributed by atoms with Gasteiger partial charge in [0.15, 0.2) is 0 Å². The zero-order valence-electron chi connectivity index (χ0n) is 10.4. The van der Waals surface area contributed by atoms with E-state index >= 15 is 0 Å². The van der Waals surface area contributed by atoms with Gasteiger partial charge in [-0.1, -0.05) is 11.6 Å². The molecule has 5 nitrogen and oxygen atoms in total. The Morgan fingerprint density at radius 2 is 2.00 bits per heavy atom. The number of hydrogen-bond donors (Lipinski definition) is 0. The molecule has 0 aliphatic heterocycles. The highest BCUT2D eigenvalue weighted by atomic mass is 35.5. The lowest BCUT2D eigenvalue weighted by atomic mass is 10.2. The van der Waals surface area contributed by atoms with Gasteiger partial charge in [-0.2, -0.15) is 0 Å². The first-order valence-electron chi connectivity index (χ1n) is 5.53. The molecule has 0 unspecified atom stereocenters. The van der Waals surface area contributed by atoms with Gasteiger partial charge in [-0.15, -0.1) is 0 Å². The molecule has 1 aromatic heterocycles.